The van der Waals surface area contributed by atoms with E-state index in [1.165, 1.54) is 6.20 Å². The lowest BCUT2D eigenvalue weighted by molar-refractivity contribution is 0.0943. The van der Waals surface area contributed by atoms with Crippen molar-refractivity contribution >= 4 is 17.1 Å². The van der Waals surface area contributed by atoms with Gasteiger partial charge in [0.2, 0.25) is 0 Å². The van der Waals surface area contributed by atoms with Gasteiger partial charge in [0, 0.05) is 12.1 Å². The van der Waals surface area contributed by atoms with Crippen LogP contribution in [0.4, 0.5) is 0 Å². The number of thiazole rings is 1. The fourth-order valence-electron chi connectivity index (χ4n) is 0.689. The predicted octanol–water partition coefficient (Wildman–Crippen LogP) is 1.28. The van der Waals surface area contributed by atoms with Gasteiger partial charge in [-0.25, -0.2) is 0 Å². The molecule has 4 heteroatoms. The lowest BCUT2D eigenvalue weighted by atomic mass is 10.1. The van der Waals surface area contributed by atoms with E-state index in [4.69, 9.17) is 0 Å². The van der Waals surface area contributed by atoms with Crippen LogP contribution in [-0.4, -0.2) is 10.8 Å². The molecule has 3 nitrogen and oxygen atoms in total. The first-order valence-corrected chi connectivity index (χ1v) is 4.15. The number of carbonyl (C=O) groups is 1. The summed E-state index contributed by atoms with van der Waals surface area (Å²) in [6.07, 6.45) is 1.47. The number of carbonyl (C=O) groups excluding carboxylic acids is 1. The average molecular weight is 171 g/mol. The van der Waals surface area contributed by atoms with E-state index >= 15 is 0 Å². The maximum absolute atomic E-state index is 11.2. The Labute approximate surface area is 68.1 Å². The van der Waals surface area contributed by atoms with Gasteiger partial charge in [0.1, 0.15) is 0 Å². The van der Waals surface area contributed by atoms with Crippen molar-refractivity contribution in [3.8, 4) is 0 Å². The fraction of sp³-hybridized carbons (Fsp3) is 0.429. The van der Waals surface area contributed by atoms with Crippen molar-refractivity contribution in [1.82, 2.24) is 4.98 Å². The van der Waals surface area contributed by atoms with E-state index in [0.29, 0.717) is 4.88 Å². The monoisotopic (exact) mass is 171 g/mol. The second kappa shape index (κ2) is 3.00. The summed E-state index contributed by atoms with van der Waals surface area (Å²) < 4.78 is 0. The average Bonchev–Trinajstić information content (AvgIpc) is 2.34. The third-order valence-electron chi connectivity index (χ3n) is 1.29. The SMILES string of the molecule is CC(C)C(=O)c1c[nH]c(=O)s1. The predicted molar refractivity (Wildman–Crippen MR) is 44.1 cm³/mol. The number of rotatable bonds is 2. The van der Waals surface area contributed by atoms with Crippen LogP contribution in [0.5, 0.6) is 0 Å². The van der Waals surface area contributed by atoms with Gasteiger partial charge >= 0.3 is 4.87 Å². The van der Waals surface area contributed by atoms with Gasteiger partial charge in [0.05, 0.1) is 4.88 Å². The first-order chi connectivity index (χ1) is 5.11. The molecule has 0 fully saturated rings. The van der Waals surface area contributed by atoms with E-state index < -0.39 is 0 Å². The number of ketones is 1. The van der Waals surface area contributed by atoms with Crippen LogP contribution in [0.2, 0.25) is 0 Å². The van der Waals surface area contributed by atoms with Crippen molar-refractivity contribution in [2.75, 3.05) is 0 Å². The first kappa shape index (κ1) is 8.20. The van der Waals surface area contributed by atoms with Crippen molar-refractivity contribution in [2.45, 2.75) is 13.8 Å². The maximum atomic E-state index is 11.2. The molecule has 1 rings (SSSR count). The van der Waals surface area contributed by atoms with Gasteiger partial charge in [-0.2, -0.15) is 0 Å². The molecule has 0 bridgehead atoms. The highest BCUT2D eigenvalue weighted by Crippen LogP contribution is 2.08. The second-order valence-corrected chi connectivity index (χ2v) is 3.58. The number of aromatic amines is 1. The lowest BCUT2D eigenvalue weighted by Gasteiger charge is -1.97. The molecule has 0 aromatic carbocycles. The summed E-state index contributed by atoms with van der Waals surface area (Å²) >= 11 is 0.964. The van der Waals surface area contributed by atoms with E-state index in [0.717, 1.165) is 11.3 Å². The van der Waals surface area contributed by atoms with Gasteiger partial charge in [0.15, 0.2) is 5.78 Å². The quantitative estimate of drug-likeness (QED) is 0.681. The molecule has 0 saturated carbocycles. The highest BCUT2D eigenvalue weighted by molar-refractivity contribution is 7.11. The summed E-state index contributed by atoms with van der Waals surface area (Å²) in [6, 6.07) is 0. The highest BCUT2D eigenvalue weighted by Gasteiger charge is 2.11. The Kier molecular flexibility index (Phi) is 2.24. The Morgan fingerprint density at radius 2 is 2.27 bits per heavy atom. The molecule has 1 aromatic heterocycles. The Bertz CT molecular complexity index is 310. The lowest BCUT2D eigenvalue weighted by Crippen LogP contribution is -2.04. The molecule has 0 atom stereocenters. The van der Waals surface area contributed by atoms with Crippen molar-refractivity contribution < 1.29 is 4.79 Å². The van der Waals surface area contributed by atoms with Crippen LogP contribution in [-0.2, 0) is 0 Å². The maximum Gasteiger partial charge on any atom is 0.305 e. The Hall–Kier alpha value is -0.900. The Morgan fingerprint density at radius 3 is 2.64 bits per heavy atom. The molecule has 0 amide bonds. The summed E-state index contributed by atoms with van der Waals surface area (Å²) in [6.45, 7) is 3.62. The van der Waals surface area contributed by atoms with E-state index in [2.05, 4.69) is 4.98 Å². The highest BCUT2D eigenvalue weighted by atomic mass is 32.1. The Morgan fingerprint density at radius 1 is 1.64 bits per heavy atom. The van der Waals surface area contributed by atoms with Gasteiger partial charge in [-0.15, -0.1) is 0 Å². The van der Waals surface area contributed by atoms with Crippen LogP contribution in [0.3, 0.4) is 0 Å². The Balaban J connectivity index is 2.94. The largest absolute Gasteiger partial charge is 0.319 e. The molecule has 0 radical (unpaired) electrons. The van der Waals surface area contributed by atoms with Crippen molar-refractivity contribution in [3.05, 3.63) is 20.7 Å². The number of Topliss-reactive ketones (excluding diaryl/α,β-unsaturated/α-hetero) is 1. The van der Waals surface area contributed by atoms with Crippen LogP contribution >= 0.6 is 11.3 Å². The normalized spacial score (nSPS) is 10.5. The van der Waals surface area contributed by atoms with Crippen LogP contribution in [0.15, 0.2) is 11.0 Å². The van der Waals surface area contributed by atoms with Crippen LogP contribution in [0, 0.1) is 5.92 Å². The first-order valence-electron chi connectivity index (χ1n) is 3.34. The van der Waals surface area contributed by atoms with E-state index in [1.807, 2.05) is 13.8 Å². The summed E-state index contributed by atoms with van der Waals surface area (Å²) in [7, 11) is 0. The summed E-state index contributed by atoms with van der Waals surface area (Å²) in [4.78, 5) is 24.6. The number of nitrogens with one attached hydrogen (secondary N) is 1. The molecule has 11 heavy (non-hydrogen) atoms. The van der Waals surface area contributed by atoms with E-state index in [-0.39, 0.29) is 16.6 Å². The minimum Gasteiger partial charge on any atom is -0.319 e. The molecule has 1 N–H and O–H groups in total. The zero-order chi connectivity index (χ0) is 8.43. The summed E-state index contributed by atoms with van der Waals surface area (Å²) in [5, 5.41) is 0. The van der Waals surface area contributed by atoms with Gasteiger partial charge in [-0.1, -0.05) is 25.2 Å². The van der Waals surface area contributed by atoms with Crippen LogP contribution < -0.4 is 4.87 Å². The molecule has 0 saturated heterocycles. The van der Waals surface area contributed by atoms with Gasteiger partial charge < -0.3 is 4.98 Å². The minimum atomic E-state index is -0.172. The topological polar surface area (TPSA) is 49.9 Å². The van der Waals surface area contributed by atoms with Crippen LogP contribution in [0.25, 0.3) is 0 Å². The molecule has 0 aliphatic rings. The molecular weight excluding hydrogens is 162 g/mol. The zero-order valence-electron chi connectivity index (χ0n) is 6.38. The molecule has 0 aliphatic heterocycles. The molecular formula is C7H9NO2S. The summed E-state index contributed by atoms with van der Waals surface area (Å²) in [5.74, 6) is -0.0187. The second-order valence-electron chi connectivity index (χ2n) is 2.56. The number of hydrogen-bond acceptors (Lipinski definition) is 3. The standard InChI is InChI=1S/C7H9NO2S/c1-4(2)6(9)5-3-8-7(10)11-5/h3-4H,1-2H3,(H,8,10). The van der Waals surface area contributed by atoms with E-state index in [1.54, 1.807) is 0 Å². The van der Waals surface area contributed by atoms with Gasteiger partial charge in [0.25, 0.3) is 0 Å². The molecule has 1 heterocycles. The fourth-order valence-corrected chi connectivity index (χ4v) is 1.46. The number of aromatic nitrogens is 1. The van der Waals surface area contributed by atoms with Gasteiger partial charge in [-0.3, -0.25) is 9.59 Å². The third kappa shape index (κ3) is 1.77. The van der Waals surface area contributed by atoms with Crippen molar-refractivity contribution in [3.63, 3.8) is 0 Å². The minimum absolute atomic E-state index is 0.0216. The van der Waals surface area contributed by atoms with E-state index in [9.17, 15) is 9.59 Å². The molecule has 0 aliphatic carbocycles. The molecule has 0 spiro atoms. The zero-order valence-corrected chi connectivity index (χ0v) is 7.20. The summed E-state index contributed by atoms with van der Waals surface area (Å²) in [5.41, 5.74) is 0. The number of H-pyrrole nitrogens is 1. The van der Waals surface area contributed by atoms with Crippen LogP contribution in [0.1, 0.15) is 23.5 Å². The van der Waals surface area contributed by atoms with Gasteiger partial charge in [-0.05, 0) is 0 Å². The van der Waals surface area contributed by atoms with Crippen molar-refractivity contribution in [1.29, 1.82) is 0 Å². The molecule has 0 unspecified atom stereocenters. The molecule has 1 aromatic rings. The third-order valence-corrected chi connectivity index (χ3v) is 2.13. The molecule has 60 valence electrons. The van der Waals surface area contributed by atoms with Crippen molar-refractivity contribution in [2.24, 2.45) is 5.92 Å². The number of hydrogen-bond donors (Lipinski definition) is 1. The smallest absolute Gasteiger partial charge is 0.305 e.